The molecule has 19 heavy (non-hydrogen) atoms. The highest BCUT2D eigenvalue weighted by Crippen LogP contribution is 2.29. The molecule has 0 radical (unpaired) electrons. The SMILES string of the molecule is CCCCS(=O)(=O)N1C[C@H](c2ccc(C)o2)[C@@H](N)C1. The average molecular weight is 286 g/mol. The molecule has 5 nitrogen and oxygen atoms in total. The maximum absolute atomic E-state index is 12.2. The Morgan fingerprint density at radius 1 is 1.42 bits per heavy atom. The van der Waals surface area contributed by atoms with Gasteiger partial charge in [0.15, 0.2) is 0 Å². The van der Waals surface area contributed by atoms with Gasteiger partial charge in [-0.15, -0.1) is 0 Å². The van der Waals surface area contributed by atoms with Crippen molar-refractivity contribution in [2.24, 2.45) is 5.73 Å². The van der Waals surface area contributed by atoms with Gasteiger partial charge in [0, 0.05) is 25.0 Å². The zero-order chi connectivity index (χ0) is 14.0. The second-order valence-electron chi connectivity index (χ2n) is 5.21. The molecule has 1 aliphatic rings. The molecule has 1 fully saturated rings. The quantitative estimate of drug-likeness (QED) is 0.888. The Kier molecular flexibility index (Phi) is 4.32. The molecule has 108 valence electrons. The van der Waals surface area contributed by atoms with Crippen molar-refractivity contribution in [2.45, 2.75) is 38.6 Å². The van der Waals surface area contributed by atoms with E-state index in [1.54, 1.807) is 0 Å². The molecule has 2 rings (SSSR count). The van der Waals surface area contributed by atoms with E-state index in [4.69, 9.17) is 10.2 Å². The van der Waals surface area contributed by atoms with Crippen molar-refractivity contribution in [3.63, 3.8) is 0 Å². The number of sulfonamides is 1. The smallest absolute Gasteiger partial charge is 0.214 e. The van der Waals surface area contributed by atoms with Crippen molar-refractivity contribution in [3.8, 4) is 0 Å². The van der Waals surface area contributed by atoms with Crippen LogP contribution in [0.2, 0.25) is 0 Å². The molecule has 0 aliphatic carbocycles. The third-order valence-electron chi connectivity index (χ3n) is 3.61. The minimum atomic E-state index is -3.18. The lowest BCUT2D eigenvalue weighted by Gasteiger charge is -2.15. The first-order valence-electron chi connectivity index (χ1n) is 6.73. The molecule has 1 aliphatic heterocycles. The fraction of sp³-hybridized carbons (Fsp3) is 0.692. The first-order chi connectivity index (χ1) is 8.94. The molecule has 0 amide bonds. The zero-order valence-electron chi connectivity index (χ0n) is 11.5. The van der Waals surface area contributed by atoms with Gasteiger partial charge in [0.1, 0.15) is 11.5 Å². The number of unbranched alkanes of at least 4 members (excludes halogenated alkanes) is 1. The molecule has 0 spiro atoms. The normalized spacial score (nSPS) is 25.0. The van der Waals surface area contributed by atoms with Gasteiger partial charge < -0.3 is 10.2 Å². The van der Waals surface area contributed by atoms with Crippen LogP contribution < -0.4 is 5.73 Å². The highest BCUT2D eigenvalue weighted by Gasteiger charge is 2.38. The van der Waals surface area contributed by atoms with E-state index in [1.807, 2.05) is 26.0 Å². The standard InChI is InChI=1S/C13H22N2O3S/c1-3-4-7-19(16,17)15-8-11(12(14)9-15)13-6-5-10(2)18-13/h5-6,11-12H,3-4,7-9,14H2,1-2H3/t11-,12-/m0/s1. The molecule has 0 saturated carbocycles. The summed E-state index contributed by atoms with van der Waals surface area (Å²) in [5.74, 6) is 1.79. The summed E-state index contributed by atoms with van der Waals surface area (Å²) in [6.07, 6.45) is 1.57. The predicted molar refractivity (Wildman–Crippen MR) is 74.4 cm³/mol. The second-order valence-corrected chi connectivity index (χ2v) is 7.29. The Hall–Kier alpha value is -0.850. The van der Waals surface area contributed by atoms with Crippen LogP contribution in [0.5, 0.6) is 0 Å². The van der Waals surface area contributed by atoms with Crippen LogP contribution in [0.1, 0.15) is 37.2 Å². The van der Waals surface area contributed by atoms with E-state index in [0.29, 0.717) is 19.5 Å². The molecule has 1 aromatic rings. The predicted octanol–water partition coefficient (Wildman–Crippen LogP) is 1.44. The molecule has 1 aromatic heterocycles. The number of aryl methyl sites for hydroxylation is 1. The van der Waals surface area contributed by atoms with Crippen molar-refractivity contribution >= 4 is 10.0 Å². The van der Waals surface area contributed by atoms with E-state index in [1.165, 1.54) is 4.31 Å². The Morgan fingerprint density at radius 3 is 2.74 bits per heavy atom. The summed E-state index contributed by atoms with van der Waals surface area (Å²) in [5.41, 5.74) is 6.07. The van der Waals surface area contributed by atoms with Crippen LogP contribution >= 0.6 is 0 Å². The van der Waals surface area contributed by atoms with Gasteiger partial charge in [0.2, 0.25) is 10.0 Å². The number of nitrogens with zero attached hydrogens (tertiary/aromatic N) is 1. The molecule has 0 aromatic carbocycles. The van der Waals surface area contributed by atoms with Crippen molar-refractivity contribution < 1.29 is 12.8 Å². The van der Waals surface area contributed by atoms with Crippen molar-refractivity contribution in [1.29, 1.82) is 0 Å². The van der Waals surface area contributed by atoms with Crippen LogP contribution in [-0.2, 0) is 10.0 Å². The first-order valence-corrected chi connectivity index (χ1v) is 8.34. The Morgan fingerprint density at radius 2 is 2.16 bits per heavy atom. The molecular weight excluding hydrogens is 264 g/mol. The number of rotatable bonds is 5. The van der Waals surface area contributed by atoms with Gasteiger partial charge in [-0.05, 0) is 25.5 Å². The third-order valence-corrected chi connectivity index (χ3v) is 5.50. The number of nitrogens with two attached hydrogens (primary N) is 1. The van der Waals surface area contributed by atoms with E-state index in [2.05, 4.69) is 0 Å². The maximum atomic E-state index is 12.2. The minimum absolute atomic E-state index is 0.0369. The summed E-state index contributed by atoms with van der Waals surface area (Å²) in [4.78, 5) is 0. The number of furan rings is 1. The van der Waals surface area contributed by atoms with Gasteiger partial charge in [-0.3, -0.25) is 0 Å². The van der Waals surface area contributed by atoms with Crippen LogP contribution in [0.4, 0.5) is 0 Å². The van der Waals surface area contributed by atoms with E-state index in [-0.39, 0.29) is 17.7 Å². The third kappa shape index (κ3) is 3.19. The molecule has 2 N–H and O–H groups in total. The summed E-state index contributed by atoms with van der Waals surface area (Å²) in [5, 5.41) is 0. The van der Waals surface area contributed by atoms with E-state index in [0.717, 1.165) is 17.9 Å². The molecular formula is C13H22N2O3S. The molecule has 6 heteroatoms. The van der Waals surface area contributed by atoms with Gasteiger partial charge in [0.25, 0.3) is 0 Å². The topological polar surface area (TPSA) is 76.5 Å². The number of hydrogen-bond acceptors (Lipinski definition) is 4. The van der Waals surface area contributed by atoms with Crippen molar-refractivity contribution in [2.75, 3.05) is 18.8 Å². The minimum Gasteiger partial charge on any atom is -0.466 e. The summed E-state index contributed by atoms with van der Waals surface area (Å²) in [6, 6.07) is 3.58. The lowest BCUT2D eigenvalue weighted by Crippen LogP contribution is -2.33. The average Bonchev–Trinajstić information content (AvgIpc) is 2.93. The summed E-state index contributed by atoms with van der Waals surface area (Å²) in [6.45, 7) is 4.68. The Labute approximate surface area is 114 Å². The van der Waals surface area contributed by atoms with Crippen molar-refractivity contribution in [1.82, 2.24) is 4.31 Å². The molecule has 2 heterocycles. The van der Waals surface area contributed by atoms with Gasteiger partial charge in [-0.25, -0.2) is 8.42 Å². The summed E-state index contributed by atoms with van der Waals surface area (Å²) < 4.78 is 31.4. The zero-order valence-corrected chi connectivity index (χ0v) is 12.3. The fourth-order valence-corrected chi connectivity index (χ4v) is 4.13. The summed E-state index contributed by atoms with van der Waals surface area (Å²) >= 11 is 0. The molecule has 0 bridgehead atoms. The highest BCUT2D eigenvalue weighted by molar-refractivity contribution is 7.89. The molecule has 1 saturated heterocycles. The number of hydrogen-bond donors (Lipinski definition) is 1. The van der Waals surface area contributed by atoms with E-state index >= 15 is 0 Å². The van der Waals surface area contributed by atoms with Crippen molar-refractivity contribution in [3.05, 3.63) is 23.7 Å². The van der Waals surface area contributed by atoms with Crippen LogP contribution in [0.15, 0.2) is 16.5 Å². The highest BCUT2D eigenvalue weighted by atomic mass is 32.2. The van der Waals surface area contributed by atoms with E-state index < -0.39 is 10.0 Å². The van der Waals surface area contributed by atoms with Crippen LogP contribution in [0, 0.1) is 6.92 Å². The van der Waals surface area contributed by atoms with Crippen LogP contribution in [0.25, 0.3) is 0 Å². The Bertz CT molecular complexity index is 524. The monoisotopic (exact) mass is 286 g/mol. The maximum Gasteiger partial charge on any atom is 0.214 e. The van der Waals surface area contributed by atoms with E-state index in [9.17, 15) is 8.42 Å². The lowest BCUT2D eigenvalue weighted by molar-refractivity contribution is 0.428. The Balaban J connectivity index is 2.09. The lowest BCUT2D eigenvalue weighted by atomic mass is 10.0. The molecule has 2 atom stereocenters. The fourth-order valence-electron chi connectivity index (χ4n) is 2.43. The first kappa shape index (κ1) is 14.6. The molecule has 0 unspecified atom stereocenters. The van der Waals surface area contributed by atoms with Crippen LogP contribution in [-0.4, -0.2) is 37.6 Å². The van der Waals surface area contributed by atoms with Gasteiger partial charge in [0.05, 0.1) is 5.75 Å². The van der Waals surface area contributed by atoms with Gasteiger partial charge in [-0.1, -0.05) is 13.3 Å². The second kappa shape index (κ2) is 5.64. The summed E-state index contributed by atoms with van der Waals surface area (Å²) in [7, 11) is -3.18. The largest absolute Gasteiger partial charge is 0.466 e. The van der Waals surface area contributed by atoms with Crippen LogP contribution in [0.3, 0.4) is 0 Å². The van der Waals surface area contributed by atoms with Gasteiger partial charge >= 0.3 is 0 Å². The van der Waals surface area contributed by atoms with Gasteiger partial charge in [-0.2, -0.15) is 4.31 Å².